The lowest BCUT2D eigenvalue weighted by Gasteiger charge is -2.37. The van der Waals surface area contributed by atoms with Crippen LogP contribution in [0.25, 0.3) is 11.3 Å². The minimum Gasteiger partial charge on any atom is -0.481 e. The number of benzene rings is 2. The van der Waals surface area contributed by atoms with Crippen molar-refractivity contribution in [2.75, 3.05) is 23.3 Å². The molecule has 41 heavy (non-hydrogen) atoms. The Morgan fingerprint density at radius 1 is 1.12 bits per heavy atom. The number of pyridine rings is 1. The number of alkyl halides is 3. The Kier molecular flexibility index (Phi) is 7.96. The highest BCUT2D eigenvalue weighted by atomic mass is 35.5. The van der Waals surface area contributed by atoms with E-state index in [4.69, 9.17) is 11.6 Å². The van der Waals surface area contributed by atoms with Crippen molar-refractivity contribution < 1.29 is 32.3 Å². The molecule has 2 aromatic heterocycles. The number of anilines is 2. The summed E-state index contributed by atoms with van der Waals surface area (Å²) >= 11 is 7.38. The van der Waals surface area contributed by atoms with Crippen LogP contribution in [0.3, 0.4) is 0 Å². The van der Waals surface area contributed by atoms with Crippen molar-refractivity contribution in [1.29, 1.82) is 0 Å². The van der Waals surface area contributed by atoms with Gasteiger partial charge in [-0.15, -0.1) is 11.3 Å². The van der Waals surface area contributed by atoms with Crippen LogP contribution >= 0.6 is 22.9 Å². The van der Waals surface area contributed by atoms with Gasteiger partial charge in [-0.1, -0.05) is 48.0 Å². The van der Waals surface area contributed by atoms with Crippen molar-refractivity contribution in [3.05, 3.63) is 93.7 Å². The molecule has 0 aliphatic carbocycles. The number of hydrogen-bond donors (Lipinski definition) is 2. The number of piperidine rings is 1. The monoisotopic (exact) mass is 604 g/mol. The highest BCUT2D eigenvalue weighted by Gasteiger charge is 2.37. The maximum atomic E-state index is 14.5. The highest BCUT2D eigenvalue weighted by Crippen LogP contribution is 2.38. The normalized spacial score (nSPS) is 17.3. The first-order valence-corrected chi connectivity index (χ1v) is 13.6. The molecule has 7 nitrogen and oxygen atoms in total. The highest BCUT2D eigenvalue weighted by molar-refractivity contribution is 7.14. The molecule has 1 fully saturated rings. The number of rotatable bonds is 6. The van der Waals surface area contributed by atoms with E-state index in [9.17, 15) is 32.3 Å². The molecule has 1 saturated heterocycles. The summed E-state index contributed by atoms with van der Waals surface area (Å²) in [6.45, 7) is 0.691. The predicted octanol–water partition coefficient (Wildman–Crippen LogP) is 6.96. The molecule has 0 saturated carbocycles. The number of nitrogens with one attached hydrogen (secondary N) is 1. The fourth-order valence-corrected chi connectivity index (χ4v) is 5.85. The lowest BCUT2D eigenvalue weighted by Crippen LogP contribution is -2.43. The summed E-state index contributed by atoms with van der Waals surface area (Å²) in [4.78, 5) is 35.1. The Labute approximate surface area is 240 Å². The molecule has 5 rings (SSSR count). The Morgan fingerprint density at radius 3 is 2.56 bits per heavy atom. The number of halogens is 5. The molecule has 2 aromatic carbocycles. The van der Waals surface area contributed by atoms with E-state index < -0.39 is 35.4 Å². The third-order valence-electron chi connectivity index (χ3n) is 6.85. The Morgan fingerprint density at radius 2 is 1.88 bits per heavy atom. The van der Waals surface area contributed by atoms with Gasteiger partial charge in [-0.2, -0.15) is 13.2 Å². The van der Waals surface area contributed by atoms with Crippen LogP contribution in [0.5, 0.6) is 0 Å². The van der Waals surface area contributed by atoms with Crippen molar-refractivity contribution in [3.63, 3.8) is 0 Å². The van der Waals surface area contributed by atoms with Gasteiger partial charge in [0.05, 0.1) is 27.8 Å². The first-order valence-electron chi connectivity index (χ1n) is 12.3. The zero-order chi connectivity index (χ0) is 29.3. The molecule has 1 aliphatic rings. The molecule has 2 atom stereocenters. The summed E-state index contributed by atoms with van der Waals surface area (Å²) < 4.78 is 53.7. The van der Waals surface area contributed by atoms with Crippen molar-refractivity contribution in [2.24, 2.45) is 5.92 Å². The Hall–Kier alpha value is -4.03. The fraction of sp³-hybridized carbons (Fsp3) is 0.214. The zero-order valence-corrected chi connectivity index (χ0v) is 22.6. The molecule has 1 amide bonds. The largest absolute Gasteiger partial charge is 0.481 e. The van der Waals surface area contributed by atoms with Crippen LogP contribution in [0, 0.1) is 11.7 Å². The van der Waals surface area contributed by atoms with Crippen LogP contribution in [0.15, 0.2) is 66.2 Å². The van der Waals surface area contributed by atoms with E-state index in [1.54, 1.807) is 4.90 Å². The number of carbonyl (C=O) groups is 2. The van der Waals surface area contributed by atoms with E-state index in [-0.39, 0.29) is 39.4 Å². The van der Waals surface area contributed by atoms with E-state index in [1.807, 2.05) is 30.3 Å². The van der Waals surface area contributed by atoms with Crippen molar-refractivity contribution >= 4 is 45.8 Å². The lowest BCUT2D eigenvalue weighted by atomic mass is 9.80. The topological polar surface area (TPSA) is 95.4 Å². The van der Waals surface area contributed by atoms with Gasteiger partial charge in [0.15, 0.2) is 5.13 Å². The molecular formula is C28H21ClF4N4O3S. The third-order valence-corrected chi connectivity index (χ3v) is 7.88. The van der Waals surface area contributed by atoms with Crippen LogP contribution in [0.4, 0.5) is 28.5 Å². The van der Waals surface area contributed by atoms with Crippen molar-refractivity contribution in [2.45, 2.75) is 18.5 Å². The summed E-state index contributed by atoms with van der Waals surface area (Å²) in [5.74, 6) is -3.52. The zero-order valence-electron chi connectivity index (χ0n) is 21.0. The molecule has 2 N–H and O–H groups in total. The summed E-state index contributed by atoms with van der Waals surface area (Å²) in [5.41, 5.74) is -0.788. The second-order valence-corrected chi connectivity index (χ2v) is 10.6. The number of amides is 1. The number of nitrogens with zero attached hydrogens (tertiary/aromatic N) is 3. The summed E-state index contributed by atoms with van der Waals surface area (Å²) in [6.07, 6.45) is -3.01. The lowest BCUT2D eigenvalue weighted by molar-refractivity contribution is -0.142. The smallest absolute Gasteiger partial charge is 0.419 e. The number of aliphatic carboxylic acids is 1. The van der Waals surface area contributed by atoms with Gasteiger partial charge in [-0.05, 0) is 30.2 Å². The fourth-order valence-electron chi connectivity index (χ4n) is 4.85. The number of hydrogen-bond acceptors (Lipinski definition) is 6. The maximum Gasteiger partial charge on any atom is 0.419 e. The average Bonchev–Trinajstić information content (AvgIpc) is 3.40. The summed E-state index contributed by atoms with van der Waals surface area (Å²) in [6, 6.07) is 13.7. The maximum absolute atomic E-state index is 14.5. The quantitative estimate of drug-likeness (QED) is 0.231. The SMILES string of the molecule is O=C(Nc1nc(-c2cccc(C(F)(F)F)c2F)cs1)c1cnc(N2CC[C@H](c3ccccc3)[C@H](C(=O)O)C2)c(Cl)c1. The molecule has 13 heteroatoms. The van der Waals surface area contributed by atoms with Gasteiger partial charge < -0.3 is 10.0 Å². The van der Waals surface area contributed by atoms with Gasteiger partial charge in [-0.3, -0.25) is 14.9 Å². The van der Waals surface area contributed by atoms with Gasteiger partial charge in [0, 0.05) is 36.1 Å². The van der Waals surface area contributed by atoms with Gasteiger partial charge in [0.1, 0.15) is 11.6 Å². The molecule has 1 aliphatic heterocycles. The Balaban J connectivity index is 1.29. The van der Waals surface area contributed by atoms with Crippen molar-refractivity contribution in [1.82, 2.24) is 9.97 Å². The molecule has 3 heterocycles. The van der Waals surface area contributed by atoms with Crippen LogP contribution in [0.2, 0.25) is 5.02 Å². The van der Waals surface area contributed by atoms with Gasteiger partial charge in [0.25, 0.3) is 5.91 Å². The van der Waals surface area contributed by atoms with E-state index in [2.05, 4.69) is 15.3 Å². The van der Waals surface area contributed by atoms with E-state index in [0.717, 1.165) is 23.0 Å². The predicted molar refractivity (Wildman–Crippen MR) is 147 cm³/mol. The first-order chi connectivity index (χ1) is 19.5. The van der Waals surface area contributed by atoms with Crippen LogP contribution in [-0.4, -0.2) is 40.0 Å². The molecule has 0 unspecified atom stereocenters. The Bertz CT molecular complexity index is 1600. The van der Waals surface area contributed by atoms with Crippen LogP contribution in [0.1, 0.15) is 33.8 Å². The molecular weight excluding hydrogens is 584 g/mol. The molecule has 0 bridgehead atoms. The minimum absolute atomic E-state index is 0.0364. The number of thiazole rings is 1. The molecule has 0 radical (unpaired) electrons. The first kappa shape index (κ1) is 28.5. The number of carboxylic acid groups (broad SMARTS) is 1. The number of carbonyl (C=O) groups excluding carboxylic acids is 1. The van der Waals surface area contributed by atoms with E-state index >= 15 is 0 Å². The summed E-state index contributed by atoms with van der Waals surface area (Å²) in [5, 5.41) is 13.9. The average molecular weight is 605 g/mol. The second kappa shape index (κ2) is 11.5. The molecule has 0 spiro atoms. The van der Waals surface area contributed by atoms with Crippen molar-refractivity contribution in [3.8, 4) is 11.3 Å². The van der Waals surface area contributed by atoms with E-state index in [1.165, 1.54) is 23.7 Å². The molecule has 212 valence electrons. The summed E-state index contributed by atoms with van der Waals surface area (Å²) in [7, 11) is 0. The van der Waals surface area contributed by atoms with Gasteiger partial charge in [0.2, 0.25) is 0 Å². The number of aromatic nitrogens is 2. The third kappa shape index (κ3) is 6.03. The second-order valence-electron chi connectivity index (χ2n) is 9.38. The standard InChI is InChI=1S/C28H21ClF4N4O3S/c29-21-11-16(12-34-24(21)37-10-9-17(19(13-37)26(39)40)15-5-2-1-3-6-15)25(38)36-27-35-22(14-41-27)18-7-4-8-20(23(18)30)28(31,32)33/h1-8,11-12,14,17,19H,9-10,13H2,(H,39,40)(H,35,36,38)/t17-,19-/m1/s1. The minimum atomic E-state index is -4.86. The number of carboxylic acids is 1. The van der Waals surface area contributed by atoms with Gasteiger partial charge >= 0.3 is 12.1 Å². The van der Waals surface area contributed by atoms with Gasteiger partial charge in [-0.25, -0.2) is 14.4 Å². The van der Waals surface area contributed by atoms with Crippen LogP contribution < -0.4 is 10.2 Å². The van der Waals surface area contributed by atoms with Crippen LogP contribution in [-0.2, 0) is 11.0 Å². The van der Waals surface area contributed by atoms with E-state index in [0.29, 0.717) is 24.8 Å². The molecule has 4 aromatic rings.